The lowest BCUT2D eigenvalue weighted by atomic mass is 10.0. The first-order chi connectivity index (χ1) is 13.7. The first-order valence-electron chi connectivity index (χ1n) is 8.77. The second kappa shape index (κ2) is 8.44. The number of piperidine rings is 1. The minimum Gasteiger partial charge on any atom is -0.489 e. The summed E-state index contributed by atoms with van der Waals surface area (Å²) in [5.41, 5.74) is 0.269. The third kappa shape index (κ3) is 4.89. The number of benzene rings is 2. The lowest BCUT2D eigenvalue weighted by Gasteiger charge is -2.34. The summed E-state index contributed by atoms with van der Waals surface area (Å²) >= 11 is 0. The quantitative estimate of drug-likeness (QED) is 0.732. The fourth-order valence-corrected chi connectivity index (χ4v) is 4.79. The first-order valence-corrected chi connectivity index (χ1v) is 10.2. The van der Waals surface area contributed by atoms with E-state index < -0.39 is 39.8 Å². The van der Waals surface area contributed by atoms with Crippen LogP contribution in [0.2, 0.25) is 0 Å². The molecule has 7 nitrogen and oxygen atoms in total. The largest absolute Gasteiger partial charge is 0.489 e. The molecular weight excluding hydrogens is 408 g/mol. The number of hydrogen-bond acceptors (Lipinski definition) is 5. The highest BCUT2D eigenvalue weighted by Gasteiger charge is 2.40. The number of hydrogen-bond donors (Lipinski definition) is 2. The van der Waals surface area contributed by atoms with Gasteiger partial charge in [0.15, 0.2) is 0 Å². The highest BCUT2D eigenvalue weighted by atomic mass is 32.2. The molecule has 1 saturated heterocycles. The average Bonchev–Trinajstić information content (AvgIpc) is 2.65. The van der Waals surface area contributed by atoms with Crippen molar-refractivity contribution in [1.82, 2.24) is 4.31 Å². The zero-order valence-electron chi connectivity index (χ0n) is 15.2. The van der Waals surface area contributed by atoms with Crippen molar-refractivity contribution < 1.29 is 36.9 Å². The molecule has 2 aromatic carbocycles. The monoisotopic (exact) mass is 427 g/mol. The van der Waals surface area contributed by atoms with Crippen LogP contribution in [-0.2, 0) is 21.4 Å². The number of ether oxygens (including phenoxy) is 1. The second-order valence-electron chi connectivity index (χ2n) is 6.70. The van der Waals surface area contributed by atoms with E-state index in [4.69, 9.17) is 4.74 Å². The van der Waals surface area contributed by atoms with Crippen molar-refractivity contribution in [2.24, 2.45) is 0 Å². The van der Waals surface area contributed by atoms with Crippen LogP contribution in [0.25, 0.3) is 0 Å². The van der Waals surface area contributed by atoms with E-state index >= 15 is 0 Å². The van der Waals surface area contributed by atoms with Crippen molar-refractivity contribution in [2.75, 3.05) is 6.54 Å². The third-order valence-electron chi connectivity index (χ3n) is 4.55. The molecule has 0 aromatic heterocycles. The van der Waals surface area contributed by atoms with E-state index in [1.165, 1.54) is 24.3 Å². The Bertz CT molecular complexity index is 976. The second-order valence-corrected chi connectivity index (χ2v) is 8.59. The lowest BCUT2D eigenvalue weighted by molar-refractivity contribution is -0.143. The van der Waals surface area contributed by atoms with E-state index in [1.807, 2.05) is 0 Å². The number of halogens is 2. The van der Waals surface area contributed by atoms with Gasteiger partial charge in [-0.25, -0.2) is 17.2 Å². The number of rotatable bonds is 6. The molecular formula is C19H19F2NO6S. The van der Waals surface area contributed by atoms with E-state index in [0.29, 0.717) is 0 Å². The molecule has 156 valence electrons. The fourth-order valence-electron chi connectivity index (χ4n) is 3.14. The number of aliphatic hydroxyl groups is 1. The molecule has 0 aliphatic carbocycles. The molecule has 2 unspecified atom stereocenters. The molecule has 2 N–H and O–H groups in total. The van der Waals surface area contributed by atoms with E-state index in [-0.39, 0.29) is 42.2 Å². The highest BCUT2D eigenvalue weighted by Crippen LogP contribution is 2.27. The molecule has 2 aromatic rings. The van der Waals surface area contributed by atoms with Crippen molar-refractivity contribution in [1.29, 1.82) is 0 Å². The number of sulfonamides is 1. The Kier molecular flexibility index (Phi) is 6.15. The Morgan fingerprint density at radius 2 is 1.72 bits per heavy atom. The van der Waals surface area contributed by atoms with Crippen molar-refractivity contribution in [3.8, 4) is 5.75 Å². The number of nitrogens with zero attached hydrogens (tertiary/aromatic N) is 1. The minimum atomic E-state index is -4.15. The molecule has 1 fully saturated rings. The molecule has 29 heavy (non-hydrogen) atoms. The van der Waals surface area contributed by atoms with E-state index in [9.17, 15) is 32.2 Å². The van der Waals surface area contributed by atoms with Crippen molar-refractivity contribution in [3.63, 3.8) is 0 Å². The van der Waals surface area contributed by atoms with Crippen LogP contribution in [0.1, 0.15) is 18.4 Å². The number of aliphatic carboxylic acids is 1. The number of carboxylic acids is 1. The normalized spacial score (nSPS) is 20.4. The summed E-state index contributed by atoms with van der Waals surface area (Å²) < 4.78 is 58.3. The zero-order chi connectivity index (χ0) is 21.2. The zero-order valence-corrected chi connectivity index (χ0v) is 16.0. The van der Waals surface area contributed by atoms with Crippen LogP contribution in [0.4, 0.5) is 8.78 Å². The number of carboxylic acid groups (broad SMARTS) is 1. The Balaban J connectivity index is 1.75. The van der Waals surface area contributed by atoms with Crippen LogP contribution in [0.3, 0.4) is 0 Å². The van der Waals surface area contributed by atoms with Gasteiger partial charge in [-0.3, -0.25) is 4.79 Å². The molecule has 1 aliphatic rings. The van der Waals surface area contributed by atoms with Crippen molar-refractivity contribution >= 4 is 16.0 Å². The van der Waals surface area contributed by atoms with Crippen molar-refractivity contribution in [2.45, 2.75) is 36.5 Å². The van der Waals surface area contributed by atoms with Crippen LogP contribution in [0, 0.1) is 11.6 Å². The molecule has 1 aliphatic heterocycles. The third-order valence-corrected chi connectivity index (χ3v) is 6.44. The SMILES string of the molecule is O=C(O)C1CCC(O)CN1S(=O)(=O)c1ccc(OCc2cc(F)cc(F)c2)cc1. The molecule has 10 heteroatoms. The topological polar surface area (TPSA) is 104 Å². The van der Waals surface area contributed by atoms with Gasteiger partial charge in [0.2, 0.25) is 10.0 Å². The molecule has 1 heterocycles. The van der Waals surface area contributed by atoms with Gasteiger partial charge in [0.1, 0.15) is 30.0 Å². The van der Waals surface area contributed by atoms with Crippen LogP contribution in [0.5, 0.6) is 5.75 Å². The highest BCUT2D eigenvalue weighted by molar-refractivity contribution is 7.89. The Hall–Kier alpha value is -2.56. The van der Waals surface area contributed by atoms with Crippen LogP contribution < -0.4 is 4.74 Å². The van der Waals surface area contributed by atoms with Gasteiger partial charge in [-0.05, 0) is 54.8 Å². The number of carbonyl (C=O) groups is 1. The number of aliphatic hydroxyl groups excluding tert-OH is 1. The van der Waals surface area contributed by atoms with Crippen LogP contribution >= 0.6 is 0 Å². The van der Waals surface area contributed by atoms with Crippen LogP contribution in [-0.4, -0.2) is 47.6 Å². The molecule has 0 radical (unpaired) electrons. The summed E-state index contributed by atoms with van der Waals surface area (Å²) in [7, 11) is -4.15. The van der Waals surface area contributed by atoms with Gasteiger partial charge in [-0.1, -0.05) is 0 Å². The summed E-state index contributed by atoms with van der Waals surface area (Å²) in [6.07, 6.45) is -0.716. The fraction of sp³-hybridized carbons (Fsp3) is 0.316. The minimum absolute atomic E-state index is 0.0150. The van der Waals surface area contributed by atoms with E-state index in [2.05, 4.69) is 0 Å². The molecule has 0 bridgehead atoms. The van der Waals surface area contributed by atoms with Gasteiger partial charge in [-0.2, -0.15) is 4.31 Å². The predicted octanol–water partition coefficient (Wildman–Crippen LogP) is 2.14. The summed E-state index contributed by atoms with van der Waals surface area (Å²) in [5, 5.41) is 19.1. The van der Waals surface area contributed by atoms with E-state index in [1.54, 1.807) is 0 Å². The Morgan fingerprint density at radius 3 is 2.31 bits per heavy atom. The summed E-state index contributed by atoms with van der Waals surface area (Å²) in [6.45, 7) is -0.428. The van der Waals surface area contributed by atoms with Gasteiger partial charge in [0.05, 0.1) is 11.0 Å². The Labute approximate surface area is 166 Å². The molecule has 2 atom stereocenters. The predicted molar refractivity (Wildman–Crippen MR) is 97.7 cm³/mol. The van der Waals surface area contributed by atoms with Crippen molar-refractivity contribution in [3.05, 3.63) is 59.7 Å². The average molecular weight is 427 g/mol. The van der Waals surface area contributed by atoms with Crippen LogP contribution in [0.15, 0.2) is 47.4 Å². The molecule has 0 saturated carbocycles. The summed E-state index contributed by atoms with van der Waals surface area (Å²) in [6, 6.07) is 6.95. The van der Waals surface area contributed by atoms with Gasteiger partial charge in [0.25, 0.3) is 0 Å². The summed E-state index contributed by atoms with van der Waals surface area (Å²) in [4.78, 5) is 11.3. The van der Waals surface area contributed by atoms with Gasteiger partial charge in [0, 0.05) is 12.6 Å². The summed E-state index contributed by atoms with van der Waals surface area (Å²) in [5.74, 6) is -2.48. The Morgan fingerprint density at radius 1 is 1.10 bits per heavy atom. The van der Waals surface area contributed by atoms with Gasteiger partial charge < -0.3 is 14.9 Å². The van der Waals surface area contributed by atoms with E-state index in [0.717, 1.165) is 22.5 Å². The molecule has 3 rings (SSSR count). The lowest BCUT2D eigenvalue weighted by Crippen LogP contribution is -2.51. The van der Waals surface area contributed by atoms with Gasteiger partial charge >= 0.3 is 5.97 Å². The maximum Gasteiger partial charge on any atom is 0.322 e. The molecule has 0 spiro atoms. The standard InChI is InChI=1S/C19H19F2NO6S/c20-13-7-12(8-14(21)9-13)11-28-16-2-4-17(5-3-16)29(26,27)22-10-15(23)1-6-18(22)19(24)25/h2-5,7-9,15,18,23H,1,6,10-11H2,(H,24,25). The van der Waals surface area contributed by atoms with Gasteiger partial charge in [-0.15, -0.1) is 0 Å². The smallest absolute Gasteiger partial charge is 0.322 e. The maximum absolute atomic E-state index is 13.2. The maximum atomic E-state index is 13.2. The number of β-amino-alcohol motifs (C(OH)–C–C–N with tert-alkyl or cyclic N) is 1. The molecule has 0 amide bonds. The first kappa shape index (κ1) is 21.2.